The summed E-state index contributed by atoms with van der Waals surface area (Å²) in [6.45, 7) is 7.39. The van der Waals surface area contributed by atoms with Crippen LogP contribution in [-0.4, -0.2) is 55.7 Å². The van der Waals surface area contributed by atoms with Crippen molar-refractivity contribution in [3.05, 3.63) is 47.7 Å². The summed E-state index contributed by atoms with van der Waals surface area (Å²) < 4.78 is 65.2. The third-order valence-electron chi connectivity index (χ3n) is 9.05. The van der Waals surface area contributed by atoms with Crippen LogP contribution in [0.2, 0.25) is 0 Å². The van der Waals surface area contributed by atoms with Crippen LogP contribution in [0, 0.1) is 17.8 Å². The zero-order valence-corrected chi connectivity index (χ0v) is 23.6. The molecule has 2 saturated heterocycles. The average Bonchev–Trinajstić information content (AvgIpc) is 3.41. The van der Waals surface area contributed by atoms with Crippen LogP contribution in [0.1, 0.15) is 58.9 Å². The number of hydrogen-bond donors (Lipinski definition) is 0. The number of esters is 2. The molecule has 3 aliphatic rings. The third-order valence-corrected chi connectivity index (χ3v) is 9.05. The van der Waals surface area contributed by atoms with E-state index in [0.29, 0.717) is 25.0 Å². The molecule has 0 radical (unpaired) electrons. The number of methoxy groups -OCH3 is 2. The predicted molar refractivity (Wildman–Crippen MR) is 135 cm³/mol. The summed E-state index contributed by atoms with van der Waals surface area (Å²) in [7, 11) is 2.09. The number of carbonyl (C=O) groups excluding carboxylic acids is 2. The van der Waals surface area contributed by atoms with Gasteiger partial charge in [-0.25, -0.2) is 19.4 Å². The third kappa shape index (κ3) is 4.41. The van der Waals surface area contributed by atoms with Gasteiger partial charge >= 0.3 is 18.1 Å². The van der Waals surface area contributed by atoms with Crippen LogP contribution in [0.25, 0.3) is 0 Å². The number of benzene rings is 1. The molecule has 0 amide bonds. The van der Waals surface area contributed by atoms with Crippen LogP contribution < -0.4 is 0 Å². The second-order valence-electron chi connectivity index (χ2n) is 10.7. The van der Waals surface area contributed by atoms with Crippen LogP contribution in [-0.2, 0) is 43.9 Å². The van der Waals surface area contributed by atoms with Gasteiger partial charge in [-0.2, -0.15) is 13.2 Å². The Bertz CT molecular complexity index is 1120. The lowest BCUT2D eigenvalue weighted by Gasteiger charge is -2.47. The maximum Gasteiger partial charge on any atom is 0.432 e. The molecule has 8 atom stereocenters. The summed E-state index contributed by atoms with van der Waals surface area (Å²) in [5, 5.41) is 0. The molecule has 0 spiro atoms. The van der Waals surface area contributed by atoms with Gasteiger partial charge in [-0.15, -0.1) is 0 Å². The van der Waals surface area contributed by atoms with E-state index in [0.717, 1.165) is 13.5 Å². The maximum atomic E-state index is 14.5. The van der Waals surface area contributed by atoms with Gasteiger partial charge in [-0.3, -0.25) is 0 Å². The maximum absolute atomic E-state index is 14.5. The molecule has 4 rings (SSSR count). The monoisotopic (exact) mass is 570 g/mol. The van der Waals surface area contributed by atoms with E-state index >= 15 is 0 Å². The molecule has 2 aliphatic heterocycles. The van der Waals surface area contributed by atoms with Crippen molar-refractivity contribution >= 4 is 11.9 Å². The van der Waals surface area contributed by atoms with Crippen molar-refractivity contribution in [1.29, 1.82) is 0 Å². The topological polar surface area (TPSA) is 89.5 Å². The van der Waals surface area contributed by atoms with E-state index in [2.05, 4.69) is 0 Å². The van der Waals surface area contributed by atoms with E-state index in [-0.39, 0.29) is 17.8 Å². The van der Waals surface area contributed by atoms with E-state index in [1.165, 1.54) is 44.4 Å². The minimum Gasteiger partial charge on any atom is -0.488 e. The van der Waals surface area contributed by atoms with E-state index in [4.69, 9.17) is 28.7 Å². The molecule has 0 bridgehead atoms. The van der Waals surface area contributed by atoms with Crippen molar-refractivity contribution in [3.63, 3.8) is 0 Å². The predicted octanol–water partition coefficient (Wildman–Crippen LogP) is 5.40. The molecule has 40 heavy (non-hydrogen) atoms. The van der Waals surface area contributed by atoms with E-state index in [1.54, 1.807) is 6.07 Å². The van der Waals surface area contributed by atoms with Crippen LogP contribution in [0.5, 0.6) is 0 Å². The molecule has 0 unspecified atom stereocenters. The van der Waals surface area contributed by atoms with Crippen LogP contribution in [0.15, 0.2) is 42.2 Å². The minimum atomic E-state index is -5.11. The highest BCUT2D eigenvalue weighted by atomic mass is 19.4. The first-order chi connectivity index (χ1) is 18.9. The first-order valence-electron chi connectivity index (χ1n) is 13.6. The molecule has 8 nitrogen and oxygen atoms in total. The van der Waals surface area contributed by atoms with Crippen LogP contribution in [0.4, 0.5) is 13.2 Å². The molecule has 1 aliphatic carbocycles. The fraction of sp³-hybridized carbons (Fsp3) is 0.655. The Balaban J connectivity index is 1.71. The van der Waals surface area contributed by atoms with Gasteiger partial charge < -0.3 is 18.9 Å². The standard InChI is InChI=1S/C29H37F3O8/c1-7-18-16-26(8-2)24-22(18)23(39-40-27(24,9-3)20(38-26)15-21(33)35-5)17(4)37-25(34)28(36-6,29(30,31)32)19-13-11-10-12-14-19/h10-15,17-18,22-24H,7-9,16H2,1-6H3/b20-15-/t17-,18-,22-,23-,24+,26-,27-,28+/m1/s1. The van der Waals surface area contributed by atoms with Crippen molar-refractivity contribution in [1.82, 2.24) is 0 Å². The molecule has 1 aromatic carbocycles. The zero-order chi connectivity index (χ0) is 29.5. The molecule has 2 heterocycles. The zero-order valence-electron chi connectivity index (χ0n) is 23.6. The Morgan fingerprint density at radius 3 is 2.33 bits per heavy atom. The fourth-order valence-corrected chi connectivity index (χ4v) is 7.11. The number of hydrogen-bond acceptors (Lipinski definition) is 8. The highest BCUT2D eigenvalue weighted by Gasteiger charge is 2.74. The summed E-state index contributed by atoms with van der Waals surface area (Å²) in [4.78, 5) is 37.5. The highest BCUT2D eigenvalue weighted by molar-refractivity contribution is 5.83. The van der Waals surface area contributed by atoms with Gasteiger partial charge in [0.1, 0.15) is 23.6 Å². The average molecular weight is 571 g/mol. The van der Waals surface area contributed by atoms with E-state index < -0.39 is 52.7 Å². The Morgan fingerprint density at radius 1 is 1.12 bits per heavy atom. The second-order valence-corrected chi connectivity index (χ2v) is 10.7. The summed E-state index contributed by atoms with van der Waals surface area (Å²) in [5.74, 6) is -2.47. The summed E-state index contributed by atoms with van der Waals surface area (Å²) in [6, 6.07) is 6.66. The Hall–Kier alpha value is -2.63. The van der Waals surface area contributed by atoms with Crippen molar-refractivity contribution in [2.45, 2.75) is 88.6 Å². The molecular weight excluding hydrogens is 533 g/mol. The van der Waals surface area contributed by atoms with Crippen LogP contribution in [0.3, 0.4) is 0 Å². The molecule has 1 saturated carbocycles. The number of carbonyl (C=O) groups is 2. The minimum absolute atomic E-state index is 0.0366. The largest absolute Gasteiger partial charge is 0.488 e. The van der Waals surface area contributed by atoms with Crippen molar-refractivity contribution in [2.75, 3.05) is 14.2 Å². The number of halogens is 3. The SMILES string of the molecule is CC[C@@H]1C[C@@]2(CC)O/C(=C\C(=O)OC)[C@@]3(CC)OO[C@H]([C@@H](C)OC(=O)[C@@](OC)(c4ccccc4)C(F)(F)F)[C@@H]1[C@@H]23. The van der Waals surface area contributed by atoms with E-state index in [1.807, 2.05) is 20.8 Å². The van der Waals surface area contributed by atoms with Crippen molar-refractivity contribution in [3.8, 4) is 0 Å². The lowest BCUT2D eigenvalue weighted by atomic mass is 9.68. The number of alkyl halides is 3. The fourth-order valence-electron chi connectivity index (χ4n) is 7.11. The normalized spacial score (nSPS) is 34.5. The Morgan fingerprint density at radius 2 is 1.80 bits per heavy atom. The van der Waals surface area contributed by atoms with Gasteiger partial charge in [-0.05, 0) is 32.1 Å². The van der Waals surface area contributed by atoms with E-state index in [9.17, 15) is 22.8 Å². The molecule has 1 aromatic rings. The first kappa shape index (κ1) is 30.3. The molecule has 11 heteroatoms. The Labute approximate surface area is 232 Å². The van der Waals surface area contributed by atoms with Gasteiger partial charge in [-0.1, -0.05) is 57.5 Å². The number of ether oxygens (including phenoxy) is 4. The summed E-state index contributed by atoms with van der Waals surface area (Å²) >= 11 is 0. The molecule has 0 aromatic heterocycles. The molecule has 3 fully saturated rings. The lowest BCUT2D eigenvalue weighted by molar-refractivity contribution is -0.435. The Kier molecular flexibility index (Phi) is 8.33. The summed E-state index contributed by atoms with van der Waals surface area (Å²) in [5.41, 5.74) is -5.53. The highest BCUT2D eigenvalue weighted by Crippen LogP contribution is 2.66. The first-order valence-corrected chi connectivity index (χ1v) is 13.6. The molecule has 222 valence electrons. The van der Waals surface area contributed by atoms with Crippen LogP contribution >= 0.6 is 0 Å². The molecule has 0 N–H and O–H groups in total. The number of rotatable bonds is 9. The van der Waals surface area contributed by atoms with Crippen molar-refractivity contribution < 1.29 is 51.5 Å². The molecular formula is C29H37F3O8. The van der Waals surface area contributed by atoms with Gasteiger partial charge in [0.2, 0.25) is 0 Å². The van der Waals surface area contributed by atoms with Gasteiger partial charge in [0.15, 0.2) is 5.60 Å². The van der Waals surface area contributed by atoms with Gasteiger partial charge in [0.25, 0.3) is 5.60 Å². The lowest BCUT2D eigenvalue weighted by Crippen LogP contribution is -2.58. The van der Waals surface area contributed by atoms with Crippen molar-refractivity contribution in [2.24, 2.45) is 17.8 Å². The summed E-state index contributed by atoms with van der Waals surface area (Å²) in [6.07, 6.45) is -3.51. The quantitative estimate of drug-likeness (QED) is 0.222. The second kappa shape index (κ2) is 11.0. The van der Waals surface area contributed by atoms with Gasteiger partial charge in [0.05, 0.1) is 13.2 Å². The van der Waals surface area contributed by atoms with Gasteiger partial charge in [0, 0.05) is 24.5 Å². The smallest absolute Gasteiger partial charge is 0.432 e.